The Morgan fingerprint density at radius 3 is 2.86 bits per heavy atom. The molecule has 0 amide bonds. The molecule has 0 radical (unpaired) electrons. The lowest BCUT2D eigenvalue weighted by Gasteiger charge is -2.21. The van der Waals surface area contributed by atoms with Crippen molar-refractivity contribution in [3.63, 3.8) is 0 Å². The van der Waals surface area contributed by atoms with Gasteiger partial charge < -0.3 is 15.6 Å². The van der Waals surface area contributed by atoms with Gasteiger partial charge in [-0.05, 0) is 19.3 Å². The summed E-state index contributed by atoms with van der Waals surface area (Å²) < 4.78 is 0. The van der Waals surface area contributed by atoms with Gasteiger partial charge in [-0.25, -0.2) is 4.98 Å². The molecule has 3 N–H and O–H groups in total. The second-order valence-corrected chi connectivity index (χ2v) is 5.75. The van der Waals surface area contributed by atoms with Crippen molar-refractivity contribution in [2.75, 3.05) is 23.7 Å². The van der Waals surface area contributed by atoms with Crippen LogP contribution in [0.25, 0.3) is 11.2 Å². The average molecular weight is 288 g/mol. The third-order valence-electron chi connectivity index (χ3n) is 4.19. The van der Waals surface area contributed by atoms with E-state index in [1.807, 2.05) is 6.92 Å². The highest BCUT2D eigenvalue weighted by molar-refractivity contribution is 5.83. The number of nitrogens with zero attached hydrogens (tertiary/aromatic N) is 3. The minimum atomic E-state index is 0.636. The maximum absolute atomic E-state index is 4.54. The fourth-order valence-corrected chi connectivity index (χ4v) is 3.07. The van der Waals surface area contributed by atoms with E-state index in [-0.39, 0.29) is 0 Å². The van der Waals surface area contributed by atoms with Crippen molar-refractivity contribution in [1.82, 2.24) is 19.9 Å². The lowest BCUT2D eigenvalue weighted by Crippen LogP contribution is -2.13. The Bertz CT molecular complexity index is 573. The van der Waals surface area contributed by atoms with Gasteiger partial charge in [0, 0.05) is 13.1 Å². The van der Waals surface area contributed by atoms with Crippen LogP contribution < -0.4 is 10.6 Å². The van der Waals surface area contributed by atoms with Crippen LogP contribution in [0.3, 0.4) is 0 Å². The first-order valence-electron chi connectivity index (χ1n) is 8.05. The molecule has 1 fully saturated rings. The quantitative estimate of drug-likeness (QED) is 0.761. The Morgan fingerprint density at radius 1 is 1.19 bits per heavy atom. The van der Waals surface area contributed by atoms with E-state index in [0.29, 0.717) is 11.6 Å². The summed E-state index contributed by atoms with van der Waals surface area (Å²) in [4.78, 5) is 16.3. The summed E-state index contributed by atoms with van der Waals surface area (Å²) >= 11 is 0. The minimum absolute atomic E-state index is 0.636. The second kappa shape index (κ2) is 6.74. The van der Waals surface area contributed by atoms with Gasteiger partial charge >= 0.3 is 0 Å². The molecule has 1 aliphatic carbocycles. The highest BCUT2D eigenvalue weighted by Gasteiger charge is 2.14. The molecule has 1 aliphatic rings. The van der Waals surface area contributed by atoms with Crippen LogP contribution in [0.1, 0.15) is 45.4 Å². The van der Waals surface area contributed by atoms with Gasteiger partial charge in [-0.15, -0.1) is 0 Å². The van der Waals surface area contributed by atoms with E-state index in [4.69, 9.17) is 0 Å². The normalized spacial score (nSPS) is 16.2. The first-order chi connectivity index (χ1) is 10.4. The standard InChI is InChI=1S/C15H24N6/c1-2-16-15-20-13(12-14(21-15)19-10-18-12)17-9-8-11-6-4-3-5-7-11/h10-11H,2-9H2,1H3,(H3,16,17,18,19,20,21). The lowest BCUT2D eigenvalue weighted by molar-refractivity contribution is 0.345. The highest BCUT2D eigenvalue weighted by atomic mass is 15.2. The Labute approximate surface area is 125 Å². The van der Waals surface area contributed by atoms with E-state index < -0.39 is 0 Å². The fourth-order valence-electron chi connectivity index (χ4n) is 3.07. The van der Waals surface area contributed by atoms with E-state index in [2.05, 4.69) is 30.6 Å². The Kier molecular flexibility index (Phi) is 4.52. The van der Waals surface area contributed by atoms with Gasteiger partial charge in [-0.2, -0.15) is 9.97 Å². The first-order valence-corrected chi connectivity index (χ1v) is 8.05. The summed E-state index contributed by atoms with van der Waals surface area (Å²) in [6, 6.07) is 0. The maximum atomic E-state index is 4.54. The van der Waals surface area contributed by atoms with Gasteiger partial charge in [-0.1, -0.05) is 32.1 Å². The predicted octanol–water partition coefficient (Wildman–Crippen LogP) is 3.17. The van der Waals surface area contributed by atoms with Crippen molar-refractivity contribution in [3.8, 4) is 0 Å². The van der Waals surface area contributed by atoms with Gasteiger partial charge in [0.15, 0.2) is 11.5 Å². The molecule has 6 heteroatoms. The molecule has 114 valence electrons. The topological polar surface area (TPSA) is 78.5 Å². The van der Waals surface area contributed by atoms with Crippen LogP contribution >= 0.6 is 0 Å². The second-order valence-electron chi connectivity index (χ2n) is 5.75. The summed E-state index contributed by atoms with van der Waals surface area (Å²) in [5.41, 5.74) is 1.60. The number of rotatable bonds is 6. The van der Waals surface area contributed by atoms with Crippen LogP contribution in [-0.4, -0.2) is 33.0 Å². The first kappa shape index (κ1) is 14.1. The van der Waals surface area contributed by atoms with Crippen molar-refractivity contribution >= 4 is 22.9 Å². The van der Waals surface area contributed by atoms with Crippen LogP contribution in [0.15, 0.2) is 6.33 Å². The summed E-state index contributed by atoms with van der Waals surface area (Å²) in [5, 5.41) is 6.61. The molecule has 6 nitrogen and oxygen atoms in total. The number of nitrogens with one attached hydrogen (secondary N) is 3. The fraction of sp³-hybridized carbons (Fsp3) is 0.667. The zero-order valence-electron chi connectivity index (χ0n) is 12.7. The molecule has 0 saturated heterocycles. The molecule has 2 heterocycles. The molecule has 0 unspecified atom stereocenters. The number of hydrogen-bond donors (Lipinski definition) is 3. The number of imidazole rings is 1. The maximum Gasteiger partial charge on any atom is 0.226 e. The van der Waals surface area contributed by atoms with E-state index in [1.165, 1.54) is 38.5 Å². The molecule has 0 spiro atoms. The summed E-state index contributed by atoms with van der Waals surface area (Å²) in [5.74, 6) is 2.36. The number of fused-ring (bicyclic) bond motifs is 1. The SMILES string of the molecule is CCNc1nc(NCCC2CCCCC2)c2[nH]cnc2n1. The van der Waals surface area contributed by atoms with Gasteiger partial charge in [0.1, 0.15) is 5.52 Å². The van der Waals surface area contributed by atoms with Crippen LogP contribution in [0, 0.1) is 5.92 Å². The minimum Gasteiger partial charge on any atom is -0.368 e. The molecule has 3 rings (SSSR count). The van der Waals surface area contributed by atoms with Gasteiger partial charge in [0.25, 0.3) is 0 Å². The molecule has 21 heavy (non-hydrogen) atoms. The number of H-pyrrole nitrogens is 1. The molecule has 0 aromatic carbocycles. The van der Waals surface area contributed by atoms with Gasteiger partial charge in [-0.3, -0.25) is 0 Å². The monoisotopic (exact) mass is 288 g/mol. The molecule has 1 saturated carbocycles. The zero-order chi connectivity index (χ0) is 14.5. The molecule has 2 aromatic heterocycles. The van der Waals surface area contributed by atoms with E-state index >= 15 is 0 Å². The van der Waals surface area contributed by atoms with E-state index in [9.17, 15) is 0 Å². The molecule has 2 aromatic rings. The number of aromatic amines is 1. The molecule has 0 atom stereocenters. The third-order valence-corrected chi connectivity index (χ3v) is 4.19. The van der Waals surface area contributed by atoms with Crippen LogP contribution in [0.2, 0.25) is 0 Å². The van der Waals surface area contributed by atoms with Crippen molar-refractivity contribution in [1.29, 1.82) is 0 Å². The molecular weight excluding hydrogens is 264 g/mol. The van der Waals surface area contributed by atoms with Gasteiger partial charge in [0.05, 0.1) is 6.33 Å². The Hall–Kier alpha value is -1.85. The number of aromatic nitrogens is 4. The van der Waals surface area contributed by atoms with Gasteiger partial charge in [0.2, 0.25) is 5.95 Å². The molecular formula is C15H24N6. The smallest absolute Gasteiger partial charge is 0.226 e. The highest BCUT2D eigenvalue weighted by Crippen LogP contribution is 2.26. The largest absolute Gasteiger partial charge is 0.368 e. The average Bonchev–Trinajstić information content (AvgIpc) is 2.97. The van der Waals surface area contributed by atoms with Crippen molar-refractivity contribution in [2.45, 2.75) is 45.4 Å². The third kappa shape index (κ3) is 3.43. The van der Waals surface area contributed by atoms with Crippen LogP contribution in [0.5, 0.6) is 0 Å². The Morgan fingerprint density at radius 2 is 2.05 bits per heavy atom. The lowest BCUT2D eigenvalue weighted by atomic mass is 9.87. The molecule has 0 bridgehead atoms. The predicted molar refractivity (Wildman–Crippen MR) is 85.5 cm³/mol. The number of hydrogen-bond acceptors (Lipinski definition) is 5. The van der Waals surface area contributed by atoms with E-state index in [1.54, 1.807) is 6.33 Å². The summed E-state index contributed by atoms with van der Waals surface area (Å²) in [7, 11) is 0. The summed E-state index contributed by atoms with van der Waals surface area (Å²) in [6.07, 6.45) is 9.86. The number of anilines is 2. The van der Waals surface area contributed by atoms with Crippen molar-refractivity contribution in [3.05, 3.63) is 6.33 Å². The van der Waals surface area contributed by atoms with Crippen LogP contribution in [0.4, 0.5) is 11.8 Å². The van der Waals surface area contributed by atoms with Crippen LogP contribution in [-0.2, 0) is 0 Å². The molecule has 0 aliphatic heterocycles. The zero-order valence-corrected chi connectivity index (χ0v) is 12.7. The Balaban J connectivity index is 1.65. The van der Waals surface area contributed by atoms with Crippen molar-refractivity contribution < 1.29 is 0 Å². The van der Waals surface area contributed by atoms with Crippen molar-refractivity contribution in [2.24, 2.45) is 5.92 Å². The summed E-state index contributed by atoms with van der Waals surface area (Å²) in [6.45, 7) is 3.80. The van der Waals surface area contributed by atoms with E-state index in [0.717, 1.165) is 30.3 Å².